The van der Waals surface area contributed by atoms with Gasteiger partial charge in [0.1, 0.15) is 0 Å². The Balaban J connectivity index is 1.66. The minimum Gasteiger partial charge on any atom is -0.381 e. The molecule has 0 aromatic carbocycles. The van der Waals surface area contributed by atoms with Crippen LogP contribution in [0.25, 0.3) is 0 Å². The van der Waals surface area contributed by atoms with Crippen LogP contribution in [0.15, 0.2) is 0 Å². The summed E-state index contributed by atoms with van der Waals surface area (Å²) < 4.78 is 5.38. The van der Waals surface area contributed by atoms with E-state index in [1.54, 1.807) is 0 Å². The zero-order valence-electron chi connectivity index (χ0n) is 9.90. The van der Waals surface area contributed by atoms with Gasteiger partial charge in [-0.1, -0.05) is 0 Å². The second kappa shape index (κ2) is 6.19. The van der Waals surface area contributed by atoms with Gasteiger partial charge in [-0.3, -0.25) is 4.90 Å². The molecule has 0 radical (unpaired) electrons. The summed E-state index contributed by atoms with van der Waals surface area (Å²) in [6.45, 7) is 8.05. The lowest BCUT2D eigenvalue weighted by Crippen LogP contribution is -2.48. The van der Waals surface area contributed by atoms with E-state index in [0.29, 0.717) is 6.54 Å². The van der Waals surface area contributed by atoms with Crippen molar-refractivity contribution in [2.24, 2.45) is 5.92 Å². The van der Waals surface area contributed by atoms with Gasteiger partial charge >= 0.3 is 0 Å². The molecule has 0 unspecified atom stereocenters. The number of nitriles is 1. The maximum atomic E-state index is 8.63. The molecule has 0 amide bonds. The Kier molecular flexibility index (Phi) is 4.58. The van der Waals surface area contributed by atoms with Crippen LogP contribution < -0.4 is 0 Å². The smallest absolute Gasteiger partial charge is 0.0866 e. The van der Waals surface area contributed by atoms with Gasteiger partial charge in [-0.05, 0) is 18.8 Å². The van der Waals surface area contributed by atoms with Crippen molar-refractivity contribution in [2.75, 3.05) is 52.5 Å². The predicted molar refractivity (Wildman–Crippen MR) is 62.0 cm³/mol. The molecule has 0 bridgehead atoms. The summed E-state index contributed by atoms with van der Waals surface area (Å²) in [6, 6.07) is 2.22. The maximum absolute atomic E-state index is 8.63. The topological polar surface area (TPSA) is 39.5 Å². The Bertz CT molecular complexity index is 237. The molecule has 0 aromatic heterocycles. The van der Waals surface area contributed by atoms with Gasteiger partial charge in [-0.25, -0.2) is 0 Å². The van der Waals surface area contributed by atoms with Crippen LogP contribution in [0.5, 0.6) is 0 Å². The van der Waals surface area contributed by atoms with Gasteiger partial charge < -0.3 is 9.64 Å². The van der Waals surface area contributed by atoms with Crippen LogP contribution in [0.2, 0.25) is 0 Å². The van der Waals surface area contributed by atoms with Crippen LogP contribution >= 0.6 is 0 Å². The average Bonchev–Trinajstić information content (AvgIpc) is 2.33. The Morgan fingerprint density at radius 1 is 1.06 bits per heavy atom. The molecule has 0 N–H and O–H groups in total. The standard InChI is InChI=1S/C12H21N3O/c13-3-4-14-5-7-15(8-6-14)11-12-1-9-16-10-2-12/h12H,1-2,4-11H2. The Hall–Kier alpha value is -0.630. The van der Waals surface area contributed by atoms with E-state index in [1.165, 1.54) is 19.4 Å². The van der Waals surface area contributed by atoms with Crippen molar-refractivity contribution in [2.45, 2.75) is 12.8 Å². The van der Waals surface area contributed by atoms with Crippen LogP contribution in [0.4, 0.5) is 0 Å². The minimum atomic E-state index is 0.588. The summed E-state index contributed by atoms with van der Waals surface area (Å²) in [4.78, 5) is 4.78. The highest BCUT2D eigenvalue weighted by molar-refractivity contribution is 4.81. The third kappa shape index (κ3) is 3.44. The molecule has 2 saturated heterocycles. The molecule has 2 fully saturated rings. The number of hydrogen-bond acceptors (Lipinski definition) is 4. The van der Waals surface area contributed by atoms with Crippen molar-refractivity contribution in [1.29, 1.82) is 5.26 Å². The average molecular weight is 223 g/mol. The molecule has 0 saturated carbocycles. The zero-order chi connectivity index (χ0) is 11.2. The molecule has 4 heteroatoms. The minimum absolute atomic E-state index is 0.588. The van der Waals surface area contributed by atoms with E-state index in [1.807, 2.05) is 0 Å². The first-order valence-electron chi connectivity index (χ1n) is 6.28. The van der Waals surface area contributed by atoms with Crippen molar-refractivity contribution in [1.82, 2.24) is 9.80 Å². The molecule has 4 nitrogen and oxygen atoms in total. The Morgan fingerprint density at radius 3 is 2.31 bits per heavy atom. The lowest BCUT2D eigenvalue weighted by molar-refractivity contribution is 0.0435. The van der Waals surface area contributed by atoms with Crippen molar-refractivity contribution in [3.05, 3.63) is 0 Å². The monoisotopic (exact) mass is 223 g/mol. The quantitative estimate of drug-likeness (QED) is 0.655. The third-order valence-electron chi connectivity index (χ3n) is 3.62. The molecule has 16 heavy (non-hydrogen) atoms. The molecule has 0 spiro atoms. The molecule has 90 valence electrons. The maximum Gasteiger partial charge on any atom is 0.0866 e. The van der Waals surface area contributed by atoms with Crippen molar-refractivity contribution >= 4 is 0 Å². The first-order chi connectivity index (χ1) is 7.88. The molecule has 2 rings (SSSR count). The molecule has 2 aliphatic rings. The van der Waals surface area contributed by atoms with E-state index in [4.69, 9.17) is 10.00 Å². The van der Waals surface area contributed by atoms with Crippen LogP contribution in [0.3, 0.4) is 0 Å². The van der Waals surface area contributed by atoms with Crippen LogP contribution in [-0.2, 0) is 4.74 Å². The lowest BCUT2D eigenvalue weighted by Gasteiger charge is -2.36. The number of piperazine rings is 1. The number of ether oxygens (including phenoxy) is 1. The number of hydrogen-bond donors (Lipinski definition) is 0. The number of rotatable bonds is 3. The summed E-state index contributed by atoms with van der Waals surface area (Å²) >= 11 is 0. The Morgan fingerprint density at radius 2 is 1.69 bits per heavy atom. The summed E-state index contributed by atoms with van der Waals surface area (Å²) in [5, 5.41) is 8.63. The van der Waals surface area contributed by atoms with E-state index in [0.717, 1.165) is 45.3 Å². The second-order valence-electron chi connectivity index (χ2n) is 4.79. The molecular weight excluding hydrogens is 202 g/mol. The zero-order valence-corrected chi connectivity index (χ0v) is 9.90. The largest absolute Gasteiger partial charge is 0.381 e. The van der Waals surface area contributed by atoms with Gasteiger partial charge in [0, 0.05) is 45.9 Å². The molecule has 0 atom stereocenters. The van der Waals surface area contributed by atoms with E-state index >= 15 is 0 Å². The Labute approximate surface area is 97.8 Å². The summed E-state index contributed by atoms with van der Waals surface area (Å²) in [5.41, 5.74) is 0. The summed E-state index contributed by atoms with van der Waals surface area (Å²) in [7, 11) is 0. The van der Waals surface area contributed by atoms with Crippen molar-refractivity contribution in [3.63, 3.8) is 0 Å². The highest BCUT2D eigenvalue weighted by Gasteiger charge is 2.21. The highest BCUT2D eigenvalue weighted by Crippen LogP contribution is 2.16. The van der Waals surface area contributed by atoms with Gasteiger partial charge in [0.15, 0.2) is 0 Å². The van der Waals surface area contributed by atoms with Crippen molar-refractivity contribution in [3.8, 4) is 6.07 Å². The van der Waals surface area contributed by atoms with Gasteiger partial charge in [-0.15, -0.1) is 0 Å². The molecular formula is C12H21N3O. The van der Waals surface area contributed by atoms with Crippen LogP contribution in [0, 0.1) is 17.2 Å². The first-order valence-corrected chi connectivity index (χ1v) is 6.28. The SMILES string of the molecule is N#CCN1CCN(CC2CCOCC2)CC1. The lowest BCUT2D eigenvalue weighted by atomic mass is 9.99. The third-order valence-corrected chi connectivity index (χ3v) is 3.62. The molecule has 0 aliphatic carbocycles. The van der Waals surface area contributed by atoms with E-state index in [2.05, 4.69) is 15.9 Å². The van der Waals surface area contributed by atoms with Crippen LogP contribution in [-0.4, -0.2) is 62.3 Å². The summed E-state index contributed by atoms with van der Waals surface area (Å²) in [6.07, 6.45) is 2.44. The fourth-order valence-electron chi connectivity index (χ4n) is 2.52. The first kappa shape index (κ1) is 11.8. The molecule has 2 heterocycles. The number of nitrogens with zero attached hydrogens (tertiary/aromatic N) is 3. The van der Waals surface area contributed by atoms with E-state index < -0.39 is 0 Å². The van der Waals surface area contributed by atoms with Crippen LogP contribution in [0.1, 0.15) is 12.8 Å². The second-order valence-corrected chi connectivity index (χ2v) is 4.79. The fourth-order valence-corrected chi connectivity index (χ4v) is 2.52. The highest BCUT2D eigenvalue weighted by atomic mass is 16.5. The van der Waals surface area contributed by atoms with Gasteiger partial charge in [0.25, 0.3) is 0 Å². The van der Waals surface area contributed by atoms with Gasteiger partial charge in [-0.2, -0.15) is 5.26 Å². The predicted octanol–water partition coefficient (Wildman–Crippen LogP) is 0.554. The molecule has 0 aromatic rings. The van der Waals surface area contributed by atoms with E-state index in [9.17, 15) is 0 Å². The van der Waals surface area contributed by atoms with Crippen molar-refractivity contribution < 1.29 is 4.74 Å². The summed E-state index contributed by atoms with van der Waals surface area (Å²) in [5.74, 6) is 0.830. The van der Waals surface area contributed by atoms with Gasteiger partial charge in [0.2, 0.25) is 0 Å². The molecule has 2 aliphatic heterocycles. The van der Waals surface area contributed by atoms with Gasteiger partial charge in [0.05, 0.1) is 12.6 Å². The fraction of sp³-hybridized carbons (Fsp3) is 0.917. The normalized spacial score (nSPS) is 25.4. The van der Waals surface area contributed by atoms with E-state index in [-0.39, 0.29) is 0 Å².